The molecule has 4 nitrogen and oxygen atoms in total. The summed E-state index contributed by atoms with van der Waals surface area (Å²) in [5.74, 6) is -0.0625. The molecule has 1 aliphatic rings. The quantitative estimate of drug-likeness (QED) is 0.860. The van der Waals surface area contributed by atoms with Crippen LogP contribution >= 0.6 is 0 Å². The molecular weight excluding hydrogens is 235 g/mol. The Balaban J connectivity index is 1.99. The summed E-state index contributed by atoms with van der Waals surface area (Å²) in [5.41, 5.74) is 0.375. The molecule has 1 unspecified atom stereocenters. The molecule has 1 saturated heterocycles. The predicted molar refractivity (Wildman–Crippen MR) is 67.2 cm³/mol. The Kier molecular flexibility index (Phi) is 4.15. The molecule has 0 aliphatic carbocycles. The van der Waals surface area contributed by atoms with E-state index in [2.05, 4.69) is 10.6 Å². The van der Waals surface area contributed by atoms with Crippen LogP contribution in [0, 0.1) is 5.82 Å². The fourth-order valence-corrected chi connectivity index (χ4v) is 2.13. The summed E-state index contributed by atoms with van der Waals surface area (Å²) in [6, 6.07) is 4.29. The standard InChI is InChI=1S/C13H17FN2O2/c1-18-12-5-4-9(14)7-11(12)16-13(17)8-10-3-2-6-15-10/h4-5,7,10,15H,2-3,6,8H2,1H3,(H,16,17). The molecule has 0 aromatic heterocycles. The van der Waals surface area contributed by atoms with Gasteiger partial charge in [0.05, 0.1) is 12.8 Å². The maximum atomic E-state index is 13.1. The lowest BCUT2D eigenvalue weighted by molar-refractivity contribution is -0.116. The molecule has 1 aromatic rings. The third-order valence-electron chi connectivity index (χ3n) is 3.03. The highest BCUT2D eigenvalue weighted by atomic mass is 19.1. The smallest absolute Gasteiger partial charge is 0.226 e. The second-order valence-corrected chi connectivity index (χ2v) is 4.39. The summed E-state index contributed by atoms with van der Waals surface area (Å²) in [4.78, 5) is 11.8. The monoisotopic (exact) mass is 252 g/mol. The lowest BCUT2D eigenvalue weighted by Crippen LogP contribution is -2.27. The van der Waals surface area contributed by atoms with Crippen molar-refractivity contribution in [3.8, 4) is 5.75 Å². The van der Waals surface area contributed by atoms with Crippen molar-refractivity contribution in [2.75, 3.05) is 19.0 Å². The average molecular weight is 252 g/mol. The number of benzene rings is 1. The van der Waals surface area contributed by atoms with Crippen molar-refractivity contribution in [3.63, 3.8) is 0 Å². The fraction of sp³-hybridized carbons (Fsp3) is 0.462. The molecule has 18 heavy (non-hydrogen) atoms. The van der Waals surface area contributed by atoms with Crippen molar-refractivity contribution in [1.29, 1.82) is 0 Å². The third-order valence-corrected chi connectivity index (χ3v) is 3.03. The maximum Gasteiger partial charge on any atom is 0.226 e. The summed E-state index contributed by atoms with van der Waals surface area (Å²) in [6.45, 7) is 0.960. The molecule has 5 heteroatoms. The minimum Gasteiger partial charge on any atom is -0.495 e. The summed E-state index contributed by atoms with van der Waals surface area (Å²) < 4.78 is 18.2. The fourth-order valence-electron chi connectivity index (χ4n) is 2.13. The van der Waals surface area contributed by atoms with Gasteiger partial charge in [-0.1, -0.05) is 0 Å². The Morgan fingerprint density at radius 3 is 3.11 bits per heavy atom. The van der Waals surface area contributed by atoms with Gasteiger partial charge < -0.3 is 15.4 Å². The molecule has 1 heterocycles. The highest BCUT2D eigenvalue weighted by molar-refractivity contribution is 5.92. The van der Waals surface area contributed by atoms with E-state index in [1.54, 1.807) is 0 Å². The van der Waals surface area contributed by atoms with Crippen LogP contribution in [0.1, 0.15) is 19.3 Å². The predicted octanol–water partition coefficient (Wildman–Crippen LogP) is 1.91. The van der Waals surface area contributed by atoms with Gasteiger partial charge in [-0.3, -0.25) is 4.79 Å². The number of hydrogen-bond donors (Lipinski definition) is 2. The van der Waals surface area contributed by atoms with E-state index in [1.165, 1.54) is 25.3 Å². The van der Waals surface area contributed by atoms with Gasteiger partial charge in [-0.05, 0) is 31.5 Å². The van der Waals surface area contributed by atoms with Crippen LogP contribution in [0.15, 0.2) is 18.2 Å². The summed E-state index contributed by atoms with van der Waals surface area (Å²) in [7, 11) is 1.49. The van der Waals surface area contributed by atoms with Crippen molar-refractivity contribution in [3.05, 3.63) is 24.0 Å². The number of anilines is 1. The van der Waals surface area contributed by atoms with Crippen molar-refractivity contribution >= 4 is 11.6 Å². The minimum atomic E-state index is -0.398. The number of rotatable bonds is 4. The second kappa shape index (κ2) is 5.82. The first-order chi connectivity index (χ1) is 8.69. The number of halogens is 1. The SMILES string of the molecule is COc1ccc(F)cc1NC(=O)CC1CCCN1. The Morgan fingerprint density at radius 2 is 2.44 bits per heavy atom. The molecule has 1 aliphatic heterocycles. The van der Waals surface area contributed by atoms with Gasteiger partial charge in [-0.15, -0.1) is 0 Å². The van der Waals surface area contributed by atoms with E-state index in [1.807, 2.05) is 0 Å². The number of methoxy groups -OCH3 is 1. The molecule has 0 saturated carbocycles. The molecular formula is C13H17FN2O2. The lowest BCUT2D eigenvalue weighted by Gasteiger charge is -2.12. The van der Waals surface area contributed by atoms with Gasteiger partial charge >= 0.3 is 0 Å². The molecule has 1 fully saturated rings. The van der Waals surface area contributed by atoms with Gasteiger partial charge in [0.2, 0.25) is 5.91 Å². The molecule has 1 amide bonds. The van der Waals surface area contributed by atoms with Crippen LogP contribution in [0.2, 0.25) is 0 Å². The number of hydrogen-bond acceptors (Lipinski definition) is 3. The van der Waals surface area contributed by atoms with Crippen LogP contribution in [0.5, 0.6) is 5.75 Å². The molecule has 98 valence electrons. The minimum absolute atomic E-state index is 0.127. The molecule has 0 spiro atoms. The van der Waals surface area contributed by atoms with Crippen molar-refractivity contribution in [2.24, 2.45) is 0 Å². The van der Waals surface area contributed by atoms with Gasteiger partial charge in [0.1, 0.15) is 11.6 Å². The van der Waals surface area contributed by atoms with Crippen molar-refractivity contribution in [1.82, 2.24) is 5.32 Å². The van der Waals surface area contributed by atoms with Crippen LogP contribution in [0.3, 0.4) is 0 Å². The first-order valence-corrected chi connectivity index (χ1v) is 6.06. The largest absolute Gasteiger partial charge is 0.495 e. The average Bonchev–Trinajstić information content (AvgIpc) is 2.82. The van der Waals surface area contributed by atoms with E-state index in [0.29, 0.717) is 17.9 Å². The number of ether oxygens (including phenoxy) is 1. The number of carbonyl (C=O) groups excluding carboxylic acids is 1. The number of amides is 1. The molecule has 1 atom stereocenters. The van der Waals surface area contributed by atoms with E-state index >= 15 is 0 Å². The van der Waals surface area contributed by atoms with Gasteiger partial charge in [0.25, 0.3) is 0 Å². The van der Waals surface area contributed by atoms with Crippen molar-refractivity contribution < 1.29 is 13.9 Å². The Labute approximate surface area is 106 Å². The van der Waals surface area contributed by atoms with E-state index < -0.39 is 5.82 Å². The normalized spacial score (nSPS) is 18.7. The summed E-state index contributed by atoms with van der Waals surface area (Å²) >= 11 is 0. The molecule has 2 N–H and O–H groups in total. The Bertz CT molecular complexity index is 431. The van der Waals surface area contributed by atoms with E-state index in [4.69, 9.17) is 4.74 Å². The molecule has 2 rings (SSSR count). The first kappa shape index (κ1) is 12.8. The zero-order valence-corrected chi connectivity index (χ0v) is 10.3. The highest BCUT2D eigenvalue weighted by Gasteiger charge is 2.18. The number of carbonyl (C=O) groups is 1. The van der Waals surface area contributed by atoms with Gasteiger partial charge in [0.15, 0.2) is 0 Å². The van der Waals surface area contributed by atoms with Crippen LogP contribution in [-0.2, 0) is 4.79 Å². The molecule has 1 aromatic carbocycles. The summed E-state index contributed by atoms with van der Waals surface area (Å²) in [5, 5.41) is 5.93. The zero-order valence-electron chi connectivity index (χ0n) is 10.3. The van der Waals surface area contributed by atoms with Gasteiger partial charge in [-0.25, -0.2) is 4.39 Å². The summed E-state index contributed by atoms with van der Waals surface area (Å²) in [6.07, 6.45) is 2.51. The van der Waals surface area contributed by atoms with Crippen LogP contribution < -0.4 is 15.4 Å². The second-order valence-electron chi connectivity index (χ2n) is 4.39. The maximum absolute atomic E-state index is 13.1. The van der Waals surface area contributed by atoms with E-state index in [9.17, 15) is 9.18 Å². The third kappa shape index (κ3) is 3.20. The Hall–Kier alpha value is -1.62. The van der Waals surface area contributed by atoms with E-state index in [0.717, 1.165) is 19.4 Å². The van der Waals surface area contributed by atoms with E-state index in [-0.39, 0.29) is 11.9 Å². The first-order valence-electron chi connectivity index (χ1n) is 6.06. The van der Waals surface area contributed by atoms with Crippen LogP contribution in [0.4, 0.5) is 10.1 Å². The highest BCUT2D eigenvalue weighted by Crippen LogP contribution is 2.25. The van der Waals surface area contributed by atoms with Crippen molar-refractivity contribution in [2.45, 2.75) is 25.3 Å². The van der Waals surface area contributed by atoms with Crippen LogP contribution in [0.25, 0.3) is 0 Å². The lowest BCUT2D eigenvalue weighted by atomic mass is 10.1. The zero-order chi connectivity index (χ0) is 13.0. The topological polar surface area (TPSA) is 50.4 Å². The van der Waals surface area contributed by atoms with Crippen LogP contribution in [-0.4, -0.2) is 25.6 Å². The van der Waals surface area contributed by atoms with Gasteiger partial charge in [0, 0.05) is 18.5 Å². The molecule has 0 bridgehead atoms. The Morgan fingerprint density at radius 1 is 1.61 bits per heavy atom. The molecule has 0 radical (unpaired) electrons. The number of nitrogens with one attached hydrogen (secondary N) is 2. The van der Waals surface area contributed by atoms with Gasteiger partial charge in [-0.2, -0.15) is 0 Å².